The Bertz CT molecular complexity index is 555. The van der Waals surface area contributed by atoms with Crippen LogP contribution in [0.2, 0.25) is 0 Å². The maximum Gasteiger partial charge on any atom is 0.307 e. The minimum absolute atomic E-state index is 0.0234. The Labute approximate surface area is 123 Å². The number of carboxylic acid groups (broad SMARTS) is 1. The highest BCUT2D eigenvalue weighted by atomic mass is 16.5. The molecular weight excluding hydrogens is 274 g/mol. The Morgan fingerprint density at radius 1 is 1.29 bits per heavy atom. The van der Waals surface area contributed by atoms with E-state index >= 15 is 0 Å². The normalized spacial score (nSPS) is 20.0. The third kappa shape index (κ3) is 3.65. The Hall–Kier alpha value is -2.24. The number of methoxy groups -OCH3 is 1. The van der Waals surface area contributed by atoms with Gasteiger partial charge in [0.15, 0.2) is 11.5 Å². The standard InChI is InChI=1S/C15H19NO5/c1-8(2)21-13-6-9(4-5-12(13)20-3)16-14(17)10-7-11(10)15(18)19/h4-6,8,10-11H,7H2,1-3H3,(H,16,17)(H,18,19). The molecule has 1 saturated carbocycles. The van der Waals surface area contributed by atoms with Gasteiger partial charge in [0.1, 0.15) is 0 Å². The second kappa shape index (κ2) is 6.03. The molecule has 114 valence electrons. The number of aliphatic carboxylic acids is 1. The zero-order valence-corrected chi connectivity index (χ0v) is 12.3. The molecule has 0 bridgehead atoms. The fourth-order valence-corrected chi connectivity index (χ4v) is 2.09. The van der Waals surface area contributed by atoms with E-state index in [4.69, 9.17) is 14.6 Å². The third-order valence-electron chi connectivity index (χ3n) is 3.24. The molecule has 1 aliphatic carbocycles. The highest BCUT2D eigenvalue weighted by Crippen LogP contribution is 2.40. The van der Waals surface area contributed by atoms with Crippen LogP contribution in [0.3, 0.4) is 0 Å². The van der Waals surface area contributed by atoms with Crippen LogP contribution in [0.1, 0.15) is 20.3 Å². The molecule has 2 atom stereocenters. The minimum Gasteiger partial charge on any atom is -0.493 e. The monoisotopic (exact) mass is 293 g/mol. The van der Waals surface area contributed by atoms with E-state index in [1.807, 2.05) is 13.8 Å². The first-order valence-corrected chi connectivity index (χ1v) is 6.80. The van der Waals surface area contributed by atoms with Gasteiger partial charge in [-0.2, -0.15) is 0 Å². The largest absolute Gasteiger partial charge is 0.493 e. The first-order valence-electron chi connectivity index (χ1n) is 6.80. The van der Waals surface area contributed by atoms with Crippen molar-refractivity contribution in [2.24, 2.45) is 11.8 Å². The summed E-state index contributed by atoms with van der Waals surface area (Å²) in [7, 11) is 1.54. The van der Waals surface area contributed by atoms with Crippen molar-refractivity contribution in [2.45, 2.75) is 26.4 Å². The zero-order valence-electron chi connectivity index (χ0n) is 12.3. The van der Waals surface area contributed by atoms with Crippen LogP contribution in [-0.2, 0) is 9.59 Å². The average molecular weight is 293 g/mol. The van der Waals surface area contributed by atoms with Gasteiger partial charge < -0.3 is 19.9 Å². The molecule has 6 heteroatoms. The van der Waals surface area contributed by atoms with Gasteiger partial charge in [0.05, 0.1) is 25.0 Å². The van der Waals surface area contributed by atoms with Gasteiger partial charge in [0.2, 0.25) is 5.91 Å². The molecule has 6 nitrogen and oxygen atoms in total. The fourth-order valence-electron chi connectivity index (χ4n) is 2.09. The van der Waals surface area contributed by atoms with Crippen molar-refractivity contribution in [2.75, 3.05) is 12.4 Å². The van der Waals surface area contributed by atoms with Crippen LogP contribution in [0, 0.1) is 11.8 Å². The predicted molar refractivity (Wildman–Crippen MR) is 76.6 cm³/mol. The Morgan fingerprint density at radius 2 is 2.00 bits per heavy atom. The lowest BCUT2D eigenvalue weighted by molar-refractivity contribution is -0.139. The summed E-state index contributed by atoms with van der Waals surface area (Å²) in [6.07, 6.45) is 0.372. The van der Waals surface area contributed by atoms with Gasteiger partial charge in [-0.25, -0.2) is 0 Å². The number of ether oxygens (including phenoxy) is 2. The molecule has 1 fully saturated rings. The lowest BCUT2D eigenvalue weighted by Gasteiger charge is -2.15. The average Bonchev–Trinajstić information content (AvgIpc) is 3.18. The molecule has 0 aromatic heterocycles. The predicted octanol–water partition coefficient (Wildman–Crippen LogP) is 2.14. The van der Waals surface area contributed by atoms with Crippen LogP contribution in [-0.4, -0.2) is 30.2 Å². The lowest BCUT2D eigenvalue weighted by Crippen LogP contribution is -2.17. The van der Waals surface area contributed by atoms with E-state index < -0.39 is 17.8 Å². The van der Waals surface area contributed by atoms with E-state index in [0.29, 0.717) is 23.6 Å². The van der Waals surface area contributed by atoms with Crippen LogP contribution >= 0.6 is 0 Å². The van der Waals surface area contributed by atoms with E-state index in [9.17, 15) is 9.59 Å². The van der Waals surface area contributed by atoms with Gasteiger partial charge >= 0.3 is 5.97 Å². The molecule has 0 radical (unpaired) electrons. The van der Waals surface area contributed by atoms with E-state index in [1.165, 1.54) is 0 Å². The highest BCUT2D eigenvalue weighted by molar-refractivity contribution is 5.98. The quantitative estimate of drug-likeness (QED) is 0.839. The van der Waals surface area contributed by atoms with Crippen LogP contribution in [0.15, 0.2) is 18.2 Å². The van der Waals surface area contributed by atoms with E-state index in [2.05, 4.69) is 5.32 Å². The first kappa shape index (κ1) is 15.2. The smallest absolute Gasteiger partial charge is 0.307 e. The third-order valence-corrected chi connectivity index (χ3v) is 3.24. The molecule has 1 aromatic rings. The summed E-state index contributed by atoms with van der Waals surface area (Å²) in [5.74, 6) is -1.09. The number of hydrogen-bond acceptors (Lipinski definition) is 4. The first-order chi connectivity index (χ1) is 9.92. The Balaban J connectivity index is 2.07. The summed E-state index contributed by atoms with van der Waals surface area (Å²) in [5, 5.41) is 11.5. The molecular formula is C15H19NO5. The van der Waals surface area contributed by atoms with Crippen molar-refractivity contribution < 1.29 is 24.2 Å². The fraction of sp³-hybridized carbons (Fsp3) is 0.467. The van der Waals surface area contributed by atoms with Gasteiger partial charge in [0.25, 0.3) is 0 Å². The Morgan fingerprint density at radius 3 is 2.52 bits per heavy atom. The molecule has 0 saturated heterocycles. The second-order valence-electron chi connectivity index (χ2n) is 5.31. The molecule has 1 aliphatic rings. The van der Waals surface area contributed by atoms with E-state index in [0.717, 1.165) is 0 Å². The van der Waals surface area contributed by atoms with Gasteiger partial charge in [0, 0.05) is 11.8 Å². The molecule has 21 heavy (non-hydrogen) atoms. The van der Waals surface area contributed by atoms with Crippen molar-refractivity contribution in [3.8, 4) is 11.5 Å². The lowest BCUT2D eigenvalue weighted by atomic mass is 10.2. The van der Waals surface area contributed by atoms with Crippen molar-refractivity contribution in [3.63, 3.8) is 0 Å². The SMILES string of the molecule is COc1ccc(NC(=O)C2CC2C(=O)O)cc1OC(C)C. The van der Waals surface area contributed by atoms with E-state index in [1.54, 1.807) is 25.3 Å². The number of carbonyl (C=O) groups excluding carboxylic acids is 1. The number of carboxylic acids is 1. The van der Waals surface area contributed by atoms with Crippen LogP contribution in [0.5, 0.6) is 11.5 Å². The summed E-state index contributed by atoms with van der Waals surface area (Å²) in [4.78, 5) is 22.7. The molecule has 2 N–H and O–H groups in total. The molecule has 1 amide bonds. The van der Waals surface area contributed by atoms with Gasteiger partial charge in [-0.15, -0.1) is 0 Å². The number of rotatable bonds is 6. The van der Waals surface area contributed by atoms with Crippen LogP contribution in [0.4, 0.5) is 5.69 Å². The number of hydrogen-bond donors (Lipinski definition) is 2. The summed E-state index contributed by atoms with van der Waals surface area (Å²) < 4.78 is 10.8. The van der Waals surface area contributed by atoms with Crippen molar-refractivity contribution in [1.29, 1.82) is 0 Å². The number of carbonyl (C=O) groups is 2. The van der Waals surface area contributed by atoms with Crippen molar-refractivity contribution in [3.05, 3.63) is 18.2 Å². The van der Waals surface area contributed by atoms with Crippen LogP contribution in [0.25, 0.3) is 0 Å². The van der Waals surface area contributed by atoms with Crippen molar-refractivity contribution >= 4 is 17.6 Å². The van der Waals surface area contributed by atoms with Crippen LogP contribution < -0.4 is 14.8 Å². The topological polar surface area (TPSA) is 84.9 Å². The molecule has 2 unspecified atom stereocenters. The summed E-state index contributed by atoms with van der Waals surface area (Å²) in [6.45, 7) is 3.79. The molecule has 0 spiro atoms. The zero-order chi connectivity index (χ0) is 15.6. The maximum absolute atomic E-state index is 11.9. The molecule has 0 heterocycles. The number of anilines is 1. The van der Waals surface area contributed by atoms with E-state index in [-0.39, 0.29) is 12.0 Å². The number of nitrogens with one attached hydrogen (secondary N) is 1. The van der Waals surface area contributed by atoms with Gasteiger partial charge in [-0.3, -0.25) is 9.59 Å². The van der Waals surface area contributed by atoms with Crippen molar-refractivity contribution in [1.82, 2.24) is 0 Å². The maximum atomic E-state index is 11.9. The highest BCUT2D eigenvalue weighted by Gasteiger charge is 2.48. The number of benzene rings is 1. The molecule has 2 rings (SSSR count). The number of amides is 1. The molecule has 0 aliphatic heterocycles. The summed E-state index contributed by atoms with van der Waals surface area (Å²) in [5.41, 5.74) is 0.562. The molecule has 1 aromatic carbocycles. The second-order valence-corrected chi connectivity index (χ2v) is 5.31. The minimum atomic E-state index is -0.922. The van der Waals surface area contributed by atoms with Gasteiger partial charge in [-0.05, 0) is 32.4 Å². The Kier molecular flexibility index (Phi) is 4.35. The summed E-state index contributed by atoms with van der Waals surface area (Å²) in [6, 6.07) is 5.08. The summed E-state index contributed by atoms with van der Waals surface area (Å²) >= 11 is 0. The van der Waals surface area contributed by atoms with Gasteiger partial charge in [-0.1, -0.05) is 0 Å².